The number of carbonyl (C=O) groups is 1. The molecule has 0 spiro atoms. The summed E-state index contributed by atoms with van der Waals surface area (Å²) in [5, 5.41) is 0. The third kappa shape index (κ3) is 4.36. The van der Waals surface area contributed by atoms with Crippen LogP contribution in [0.3, 0.4) is 0 Å². The lowest BCUT2D eigenvalue weighted by atomic mass is 10.2. The summed E-state index contributed by atoms with van der Waals surface area (Å²) < 4.78 is 18.8. The van der Waals surface area contributed by atoms with Crippen LogP contribution in [0, 0.1) is 5.82 Å². The van der Waals surface area contributed by atoms with Crippen molar-refractivity contribution in [3.63, 3.8) is 0 Å². The highest BCUT2D eigenvalue weighted by Gasteiger charge is 2.32. The van der Waals surface area contributed by atoms with Gasteiger partial charge in [0.05, 0.1) is 6.04 Å². The van der Waals surface area contributed by atoms with Gasteiger partial charge in [-0.15, -0.1) is 0 Å². The van der Waals surface area contributed by atoms with Crippen LogP contribution in [-0.2, 0) is 4.74 Å². The van der Waals surface area contributed by atoms with E-state index in [2.05, 4.69) is 0 Å². The van der Waals surface area contributed by atoms with Crippen LogP contribution >= 0.6 is 0 Å². The lowest BCUT2D eigenvalue weighted by molar-refractivity contribution is 0.0232. The van der Waals surface area contributed by atoms with Crippen molar-refractivity contribution >= 4 is 11.8 Å². The van der Waals surface area contributed by atoms with E-state index in [-0.39, 0.29) is 18.0 Å². The van der Waals surface area contributed by atoms with Crippen molar-refractivity contribution in [2.24, 2.45) is 0 Å². The molecule has 1 atom stereocenters. The highest BCUT2D eigenvalue weighted by Crippen LogP contribution is 2.23. The molecule has 22 heavy (non-hydrogen) atoms. The first-order valence-corrected chi connectivity index (χ1v) is 7.72. The number of likely N-dealkylation sites (tertiary alicyclic amines) is 1. The molecule has 1 amide bonds. The number of benzene rings is 1. The van der Waals surface area contributed by atoms with Crippen LogP contribution in [-0.4, -0.2) is 42.8 Å². The molecule has 0 bridgehead atoms. The van der Waals surface area contributed by atoms with E-state index in [0.717, 1.165) is 25.1 Å². The first-order valence-electron chi connectivity index (χ1n) is 7.72. The molecule has 0 N–H and O–H groups in total. The van der Waals surface area contributed by atoms with E-state index < -0.39 is 5.60 Å². The van der Waals surface area contributed by atoms with Crippen LogP contribution in [0.2, 0.25) is 0 Å². The lowest BCUT2D eigenvalue weighted by Gasteiger charge is -2.31. The highest BCUT2D eigenvalue weighted by atomic mass is 19.1. The fraction of sp³-hybridized carbons (Fsp3) is 0.588. The number of likely N-dealkylation sites (N-methyl/N-ethyl adjacent to an activating group) is 1. The van der Waals surface area contributed by atoms with Crippen LogP contribution in [0.1, 0.15) is 33.6 Å². The number of hydrogen-bond donors (Lipinski definition) is 0. The second-order valence-electron chi connectivity index (χ2n) is 6.83. The van der Waals surface area contributed by atoms with Gasteiger partial charge in [0, 0.05) is 25.8 Å². The summed E-state index contributed by atoms with van der Waals surface area (Å²) in [6, 6.07) is 6.60. The smallest absolute Gasteiger partial charge is 0.410 e. The molecule has 0 aliphatic carbocycles. The zero-order valence-electron chi connectivity index (χ0n) is 13.8. The summed E-state index contributed by atoms with van der Waals surface area (Å²) in [6.45, 7) is 7.00. The molecule has 1 saturated heterocycles. The number of anilines is 1. The molecule has 1 fully saturated rings. The minimum absolute atomic E-state index is 0.100. The number of nitrogens with zero attached hydrogens (tertiary/aromatic N) is 2. The largest absolute Gasteiger partial charge is 0.444 e. The van der Waals surface area contributed by atoms with Gasteiger partial charge in [-0.25, -0.2) is 9.18 Å². The Morgan fingerprint density at radius 1 is 1.45 bits per heavy atom. The molecule has 0 saturated carbocycles. The van der Waals surface area contributed by atoms with E-state index in [1.54, 1.807) is 11.0 Å². The molecule has 1 aliphatic heterocycles. The Bertz CT molecular complexity index is 528. The van der Waals surface area contributed by atoms with Gasteiger partial charge >= 0.3 is 6.09 Å². The van der Waals surface area contributed by atoms with Gasteiger partial charge < -0.3 is 14.5 Å². The molecule has 1 aromatic carbocycles. The van der Waals surface area contributed by atoms with E-state index in [4.69, 9.17) is 4.74 Å². The second kappa shape index (κ2) is 6.55. The molecule has 1 aromatic rings. The van der Waals surface area contributed by atoms with Gasteiger partial charge in [-0.1, -0.05) is 6.07 Å². The van der Waals surface area contributed by atoms with E-state index in [0.29, 0.717) is 6.54 Å². The Balaban J connectivity index is 2.00. The van der Waals surface area contributed by atoms with Crippen molar-refractivity contribution in [1.29, 1.82) is 0 Å². The maximum atomic E-state index is 13.3. The SMILES string of the molecule is CN(C[C@H]1CCCN1C(=O)OC(C)(C)C)c1cccc(F)c1. The van der Waals surface area contributed by atoms with Gasteiger partial charge in [0.2, 0.25) is 0 Å². The van der Waals surface area contributed by atoms with Crippen LogP contribution in [0.5, 0.6) is 0 Å². The monoisotopic (exact) mass is 308 g/mol. The zero-order chi connectivity index (χ0) is 16.3. The Morgan fingerprint density at radius 3 is 2.82 bits per heavy atom. The van der Waals surface area contributed by atoms with E-state index in [9.17, 15) is 9.18 Å². The molecule has 0 radical (unpaired) electrons. The predicted octanol–water partition coefficient (Wildman–Crippen LogP) is 3.66. The fourth-order valence-electron chi connectivity index (χ4n) is 2.72. The number of hydrogen-bond acceptors (Lipinski definition) is 3. The lowest BCUT2D eigenvalue weighted by Crippen LogP contribution is -2.44. The quantitative estimate of drug-likeness (QED) is 0.854. The fourth-order valence-corrected chi connectivity index (χ4v) is 2.72. The predicted molar refractivity (Wildman–Crippen MR) is 85.6 cm³/mol. The second-order valence-corrected chi connectivity index (χ2v) is 6.83. The van der Waals surface area contributed by atoms with Crippen LogP contribution in [0.15, 0.2) is 24.3 Å². The number of rotatable bonds is 3. The van der Waals surface area contributed by atoms with Crippen LogP contribution in [0.4, 0.5) is 14.9 Å². The summed E-state index contributed by atoms with van der Waals surface area (Å²) in [5.41, 5.74) is 0.328. The Morgan fingerprint density at radius 2 is 2.18 bits per heavy atom. The van der Waals surface area contributed by atoms with Crippen molar-refractivity contribution in [3.05, 3.63) is 30.1 Å². The first-order chi connectivity index (χ1) is 10.3. The van der Waals surface area contributed by atoms with Crippen molar-refractivity contribution in [1.82, 2.24) is 4.90 Å². The molecule has 1 aliphatic rings. The third-order valence-electron chi connectivity index (χ3n) is 3.74. The van der Waals surface area contributed by atoms with Gasteiger partial charge in [-0.05, 0) is 51.8 Å². The van der Waals surface area contributed by atoms with Gasteiger partial charge in [0.15, 0.2) is 0 Å². The number of ether oxygens (including phenoxy) is 1. The van der Waals surface area contributed by atoms with Crippen molar-refractivity contribution in [3.8, 4) is 0 Å². The molecule has 122 valence electrons. The molecule has 5 heteroatoms. The summed E-state index contributed by atoms with van der Waals surface area (Å²) in [7, 11) is 1.92. The minimum Gasteiger partial charge on any atom is -0.444 e. The van der Waals surface area contributed by atoms with E-state index >= 15 is 0 Å². The minimum atomic E-state index is -0.487. The first kappa shape index (κ1) is 16.6. The Labute approximate surface area is 131 Å². The summed E-state index contributed by atoms with van der Waals surface area (Å²) >= 11 is 0. The van der Waals surface area contributed by atoms with Gasteiger partial charge in [0.1, 0.15) is 11.4 Å². The molecule has 0 unspecified atom stereocenters. The van der Waals surface area contributed by atoms with Crippen LogP contribution in [0.25, 0.3) is 0 Å². The van der Waals surface area contributed by atoms with Crippen molar-refractivity contribution in [2.45, 2.75) is 45.3 Å². The van der Waals surface area contributed by atoms with Crippen molar-refractivity contribution in [2.75, 3.05) is 25.0 Å². The topological polar surface area (TPSA) is 32.8 Å². The zero-order valence-corrected chi connectivity index (χ0v) is 13.8. The Kier molecular flexibility index (Phi) is 4.94. The molecular weight excluding hydrogens is 283 g/mol. The number of halogens is 1. The van der Waals surface area contributed by atoms with E-state index in [1.165, 1.54) is 12.1 Å². The molecule has 0 aromatic heterocycles. The van der Waals surface area contributed by atoms with Crippen LogP contribution < -0.4 is 4.90 Å². The maximum Gasteiger partial charge on any atom is 0.410 e. The molecule has 2 rings (SSSR count). The highest BCUT2D eigenvalue weighted by molar-refractivity contribution is 5.69. The normalized spacial score (nSPS) is 18.4. The van der Waals surface area contributed by atoms with Gasteiger partial charge in [0.25, 0.3) is 0 Å². The third-order valence-corrected chi connectivity index (χ3v) is 3.74. The summed E-state index contributed by atoms with van der Waals surface area (Å²) in [4.78, 5) is 16.0. The number of amides is 1. The molecule has 1 heterocycles. The average Bonchev–Trinajstić information content (AvgIpc) is 2.85. The summed E-state index contributed by atoms with van der Waals surface area (Å²) in [5.74, 6) is -0.250. The van der Waals surface area contributed by atoms with E-state index in [1.807, 2.05) is 38.8 Å². The molecule has 4 nitrogen and oxygen atoms in total. The van der Waals surface area contributed by atoms with Gasteiger partial charge in [-0.3, -0.25) is 0 Å². The maximum absolute atomic E-state index is 13.3. The Hall–Kier alpha value is -1.78. The van der Waals surface area contributed by atoms with Crippen molar-refractivity contribution < 1.29 is 13.9 Å². The number of carbonyl (C=O) groups excluding carboxylic acids is 1. The summed E-state index contributed by atoms with van der Waals surface area (Å²) in [6.07, 6.45) is 1.66. The average molecular weight is 308 g/mol. The molecular formula is C17H25FN2O2. The van der Waals surface area contributed by atoms with Gasteiger partial charge in [-0.2, -0.15) is 0 Å². The standard InChI is InChI=1S/C17H25FN2O2/c1-17(2,3)22-16(21)20-10-6-9-15(20)12-19(4)14-8-5-7-13(18)11-14/h5,7-8,11,15H,6,9-10,12H2,1-4H3/t15-/m1/s1.